The number of halogens is 3. The summed E-state index contributed by atoms with van der Waals surface area (Å²) in [5.41, 5.74) is -0.386. The van der Waals surface area contributed by atoms with Crippen molar-refractivity contribution in [2.75, 3.05) is 19.0 Å². The number of amides is 2. The molecule has 6 nitrogen and oxygen atoms in total. The summed E-state index contributed by atoms with van der Waals surface area (Å²) in [6.45, 7) is 0.126. The Morgan fingerprint density at radius 1 is 1.07 bits per heavy atom. The van der Waals surface area contributed by atoms with Crippen LogP contribution in [0.1, 0.15) is 24.0 Å². The zero-order valence-electron chi connectivity index (χ0n) is 16.3. The molecule has 0 atom stereocenters. The predicted molar refractivity (Wildman–Crippen MR) is 105 cm³/mol. The van der Waals surface area contributed by atoms with Crippen LogP contribution in [0.3, 0.4) is 0 Å². The van der Waals surface area contributed by atoms with Crippen molar-refractivity contribution in [3.63, 3.8) is 0 Å². The van der Waals surface area contributed by atoms with Gasteiger partial charge in [-0.05, 0) is 42.7 Å². The Kier molecular flexibility index (Phi) is 6.31. The van der Waals surface area contributed by atoms with Gasteiger partial charge in [-0.3, -0.25) is 9.59 Å². The second-order valence-electron chi connectivity index (χ2n) is 7.11. The van der Waals surface area contributed by atoms with E-state index in [4.69, 9.17) is 4.74 Å². The Bertz CT molecular complexity index is 910. The number of hydrogen-bond donors (Lipinski definition) is 3. The lowest BCUT2D eigenvalue weighted by molar-refractivity contribution is -0.137. The number of carbonyl (C=O) groups excluding carboxylic acids is 2. The van der Waals surface area contributed by atoms with Crippen molar-refractivity contribution in [3.05, 3.63) is 59.7 Å². The quantitative estimate of drug-likeness (QED) is 0.611. The molecule has 3 rings (SSSR count). The van der Waals surface area contributed by atoms with Crippen LogP contribution in [0.5, 0.6) is 0 Å². The lowest BCUT2D eigenvalue weighted by atomic mass is 10.1. The van der Waals surface area contributed by atoms with Crippen LogP contribution in [-0.4, -0.2) is 31.1 Å². The Labute approximate surface area is 171 Å². The average Bonchev–Trinajstić information content (AvgIpc) is 3.47. The van der Waals surface area contributed by atoms with E-state index in [1.807, 2.05) is 0 Å². The van der Waals surface area contributed by atoms with E-state index < -0.39 is 17.3 Å². The summed E-state index contributed by atoms with van der Waals surface area (Å²) in [5, 5.41) is 8.24. The van der Waals surface area contributed by atoms with Gasteiger partial charge in [0.2, 0.25) is 11.8 Å². The van der Waals surface area contributed by atoms with Crippen molar-refractivity contribution < 1.29 is 27.5 Å². The number of para-hydroxylation sites is 1. The number of alkyl halides is 3. The first-order chi connectivity index (χ1) is 14.2. The molecule has 0 aliphatic heterocycles. The molecule has 0 radical (unpaired) electrons. The highest BCUT2D eigenvalue weighted by molar-refractivity contribution is 5.94. The number of hydrogen-bond acceptors (Lipinski definition) is 4. The van der Waals surface area contributed by atoms with E-state index in [9.17, 15) is 22.8 Å². The third-order valence-corrected chi connectivity index (χ3v) is 4.76. The van der Waals surface area contributed by atoms with Gasteiger partial charge in [-0.1, -0.05) is 24.3 Å². The Morgan fingerprint density at radius 2 is 1.73 bits per heavy atom. The molecule has 2 aromatic rings. The minimum atomic E-state index is -4.45. The van der Waals surface area contributed by atoms with E-state index in [1.165, 1.54) is 25.3 Å². The van der Waals surface area contributed by atoms with Gasteiger partial charge in [-0.25, -0.2) is 0 Å². The van der Waals surface area contributed by atoms with Crippen LogP contribution in [0.25, 0.3) is 0 Å². The van der Waals surface area contributed by atoms with Crippen LogP contribution in [-0.2, 0) is 27.0 Å². The molecule has 0 spiro atoms. The first-order valence-electron chi connectivity index (χ1n) is 9.34. The summed E-state index contributed by atoms with van der Waals surface area (Å²) in [5.74, 6) is -0.618. The topological polar surface area (TPSA) is 79.5 Å². The minimum absolute atomic E-state index is 0.0338. The molecular weight excluding hydrogens is 399 g/mol. The minimum Gasteiger partial charge on any atom is -0.375 e. The number of methoxy groups -OCH3 is 1. The molecule has 0 saturated heterocycles. The molecule has 160 valence electrons. The van der Waals surface area contributed by atoms with Gasteiger partial charge in [0.25, 0.3) is 0 Å². The van der Waals surface area contributed by atoms with Crippen molar-refractivity contribution >= 4 is 23.2 Å². The van der Waals surface area contributed by atoms with Gasteiger partial charge in [0.1, 0.15) is 12.1 Å². The van der Waals surface area contributed by atoms with E-state index in [0.717, 1.165) is 11.6 Å². The fourth-order valence-corrected chi connectivity index (χ4v) is 3.02. The summed E-state index contributed by atoms with van der Waals surface area (Å²) < 4.78 is 44.1. The molecule has 3 N–H and O–H groups in total. The van der Waals surface area contributed by atoms with Gasteiger partial charge in [0.05, 0.1) is 11.3 Å². The van der Waals surface area contributed by atoms with Gasteiger partial charge in [-0.15, -0.1) is 0 Å². The molecule has 0 aromatic heterocycles. The molecule has 1 fully saturated rings. The maximum atomic E-state index is 13.1. The largest absolute Gasteiger partial charge is 0.418 e. The SMILES string of the molecule is COCC(=O)NC1(C(=O)NCc2ccc(Nc3ccccc3C(F)(F)F)cc2)CC1. The maximum Gasteiger partial charge on any atom is 0.418 e. The van der Waals surface area contributed by atoms with E-state index in [2.05, 4.69) is 16.0 Å². The van der Waals surface area contributed by atoms with E-state index in [0.29, 0.717) is 18.5 Å². The van der Waals surface area contributed by atoms with Crippen molar-refractivity contribution in [1.82, 2.24) is 10.6 Å². The summed E-state index contributed by atoms with van der Waals surface area (Å²) in [6, 6.07) is 12.0. The smallest absolute Gasteiger partial charge is 0.375 e. The standard InChI is InChI=1S/C21H22F3N3O3/c1-30-13-18(28)27-20(10-11-20)19(29)25-12-14-6-8-15(9-7-14)26-17-5-3-2-4-16(17)21(22,23)24/h2-9,26H,10-13H2,1H3,(H,25,29)(H,27,28). The summed E-state index contributed by atoms with van der Waals surface area (Å²) in [6.07, 6.45) is -3.32. The van der Waals surface area contributed by atoms with Gasteiger partial charge in [0, 0.05) is 19.3 Å². The number of carbonyl (C=O) groups is 2. The summed E-state index contributed by atoms with van der Waals surface area (Å²) >= 11 is 0. The number of benzene rings is 2. The Balaban J connectivity index is 1.57. The normalized spacial score (nSPS) is 14.7. The Morgan fingerprint density at radius 3 is 2.33 bits per heavy atom. The van der Waals surface area contributed by atoms with E-state index >= 15 is 0 Å². The monoisotopic (exact) mass is 421 g/mol. The van der Waals surface area contributed by atoms with Crippen molar-refractivity contribution in [2.45, 2.75) is 31.1 Å². The molecule has 1 aliphatic carbocycles. The van der Waals surface area contributed by atoms with Gasteiger partial charge < -0.3 is 20.7 Å². The number of nitrogens with one attached hydrogen (secondary N) is 3. The fraction of sp³-hybridized carbons (Fsp3) is 0.333. The average molecular weight is 421 g/mol. The molecule has 30 heavy (non-hydrogen) atoms. The van der Waals surface area contributed by atoms with E-state index in [1.54, 1.807) is 24.3 Å². The van der Waals surface area contributed by atoms with Gasteiger partial charge in [-0.2, -0.15) is 13.2 Å². The lowest BCUT2D eigenvalue weighted by Crippen LogP contribution is -2.49. The molecule has 0 unspecified atom stereocenters. The molecule has 1 aliphatic rings. The lowest BCUT2D eigenvalue weighted by Gasteiger charge is -2.17. The van der Waals surface area contributed by atoms with Gasteiger partial charge >= 0.3 is 6.18 Å². The van der Waals surface area contributed by atoms with Crippen molar-refractivity contribution in [2.24, 2.45) is 0 Å². The van der Waals surface area contributed by atoms with Crippen LogP contribution in [0.2, 0.25) is 0 Å². The highest BCUT2D eigenvalue weighted by Gasteiger charge is 2.50. The van der Waals surface area contributed by atoms with Crippen LogP contribution in [0.4, 0.5) is 24.5 Å². The molecule has 9 heteroatoms. The molecule has 0 heterocycles. The second kappa shape index (κ2) is 8.74. The van der Waals surface area contributed by atoms with Crippen LogP contribution < -0.4 is 16.0 Å². The highest BCUT2D eigenvalue weighted by Crippen LogP contribution is 2.36. The second-order valence-corrected chi connectivity index (χ2v) is 7.11. The van der Waals surface area contributed by atoms with Gasteiger partial charge in [0.15, 0.2) is 0 Å². The Hall–Kier alpha value is -3.07. The van der Waals surface area contributed by atoms with Crippen LogP contribution in [0.15, 0.2) is 48.5 Å². The number of anilines is 2. The van der Waals surface area contributed by atoms with Crippen molar-refractivity contribution in [1.29, 1.82) is 0 Å². The number of rotatable bonds is 8. The summed E-state index contributed by atoms with van der Waals surface area (Å²) in [4.78, 5) is 24.1. The van der Waals surface area contributed by atoms with Crippen LogP contribution in [0, 0.1) is 0 Å². The summed E-state index contributed by atoms with van der Waals surface area (Å²) in [7, 11) is 1.40. The molecular formula is C21H22F3N3O3. The fourth-order valence-electron chi connectivity index (χ4n) is 3.02. The predicted octanol–water partition coefficient (Wildman–Crippen LogP) is 3.36. The van der Waals surface area contributed by atoms with E-state index in [-0.39, 0.29) is 30.7 Å². The molecule has 0 bridgehead atoms. The highest BCUT2D eigenvalue weighted by atomic mass is 19.4. The first-order valence-corrected chi connectivity index (χ1v) is 9.34. The molecule has 1 saturated carbocycles. The maximum absolute atomic E-state index is 13.1. The molecule has 2 amide bonds. The zero-order chi connectivity index (χ0) is 21.8. The third-order valence-electron chi connectivity index (χ3n) is 4.76. The number of ether oxygens (including phenoxy) is 1. The molecule has 2 aromatic carbocycles. The van der Waals surface area contributed by atoms with Crippen molar-refractivity contribution in [3.8, 4) is 0 Å². The third kappa shape index (κ3) is 5.29. The van der Waals surface area contributed by atoms with Crippen LogP contribution >= 0.6 is 0 Å². The first kappa shape index (κ1) is 21.6. The zero-order valence-corrected chi connectivity index (χ0v) is 16.3.